The molecule has 0 heterocycles. The van der Waals surface area contributed by atoms with E-state index in [0.29, 0.717) is 0 Å². The minimum absolute atomic E-state index is 0. The molecule has 2 heteroatoms. The van der Waals surface area contributed by atoms with E-state index in [2.05, 4.69) is 6.92 Å². The minimum atomic E-state index is -0.102. The zero-order valence-electron chi connectivity index (χ0n) is 4.94. The van der Waals surface area contributed by atoms with Crippen molar-refractivity contribution >= 4 is 0 Å². The van der Waals surface area contributed by atoms with E-state index < -0.39 is 0 Å². The number of rotatable bonds is 2. The van der Waals surface area contributed by atoms with E-state index >= 15 is 0 Å². The van der Waals surface area contributed by atoms with Gasteiger partial charge in [-0.15, -0.1) is 0 Å². The van der Waals surface area contributed by atoms with Crippen LogP contribution in [-0.4, -0.2) is 11.2 Å². The third-order valence-corrected chi connectivity index (χ3v) is 0.706. The van der Waals surface area contributed by atoms with E-state index in [1.54, 1.807) is 0 Å². The van der Waals surface area contributed by atoms with Crippen LogP contribution >= 0.6 is 0 Å². The molecule has 0 aromatic carbocycles. The van der Waals surface area contributed by atoms with Gasteiger partial charge in [-0.3, -0.25) is 0 Å². The Morgan fingerprint density at radius 3 is 2.00 bits per heavy atom. The van der Waals surface area contributed by atoms with Crippen molar-refractivity contribution in [3.05, 3.63) is 0 Å². The van der Waals surface area contributed by atoms with E-state index in [-0.39, 0.29) is 32.3 Å². The predicted octanol–water partition coefficient (Wildman–Crippen LogP) is 1.16. The van der Waals surface area contributed by atoms with Crippen LogP contribution in [0.4, 0.5) is 0 Å². The fraction of sp³-hybridized carbons (Fsp3) is 1.00. The average Bonchev–Trinajstić information content (AvgIpc) is 1.35. The second kappa shape index (κ2) is 6.84. The Balaban J connectivity index is 0. The van der Waals surface area contributed by atoms with Crippen LogP contribution in [0.25, 0.3) is 0 Å². The van der Waals surface area contributed by atoms with Crippen molar-refractivity contribution in [3.8, 4) is 0 Å². The summed E-state index contributed by atoms with van der Waals surface area (Å²) < 4.78 is 0. The Kier molecular flexibility index (Phi) is 10.5. The molecule has 7 heavy (non-hydrogen) atoms. The van der Waals surface area contributed by atoms with Crippen LogP contribution in [0.1, 0.15) is 26.7 Å². The van der Waals surface area contributed by atoms with Gasteiger partial charge in [0.15, 0.2) is 0 Å². The smallest absolute Gasteiger partial charge is 0.0512 e. The van der Waals surface area contributed by atoms with Crippen molar-refractivity contribution in [3.63, 3.8) is 0 Å². The zero-order chi connectivity index (χ0) is 4.99. The minimum Gasteiger partial charge on any atom is -0.393 e. The predicted molar refractivity (Wildman–Crippen MR) is 26.6 cm³/mol. The molecule has 1 nitrogen and oxygen atoms in total. The van der Waals surface area contributed by atoms with Crippen LogP contribution in [-0.2, 0) is 26.2 Å². The van der Waals surface area contributed by atoms with Crippen molar-refractivity contribution in [1.29, 1.82) is 0 Å². The molecule has 0 bridgehead atoms. The fourth-order valence-corrected chi connectivity index (χ4v) is 0.418. The summed E-state index contributed by atoms with van der Waals surface area (Å²) in [5.74, 6) is 0. The number of hydrogen-bond donors (Lipinski definition) is 1. The summed E-state index contributed by atoms with van der Waals surface area (Å²) in [4.78, 5) is 0. The molecule has 0 saturated heterocycles. The molecule has 0 aromatic rings. The van der Waals surface area contributed by atoms with Gasteiger partial charge in [-0.2, -0.15) is 0 Å². The quantitative estimate of drug-likeness (QED) is 0.674. The summed E-state index contributed by atoms with van der Waals surface area (Å²) in [5.41, 5.74) is 0. The third kappa shape index (κ3) is 10.9. The monoisotopic (exact) mass is 178 g/mol. The SMILES string of the molecule is CCCC(C)O.[Zr]. The molecule has 0 fully saturated rings. The van der Waals surface area contributed by atoms with Gasteiger partial charge in [-0.1, -0.05) is 13.3 Å². The Morgan fingerprint density at radius 1 is 1.57 bits per heavy atom. The maximum absolute atomic E-state index is 8.55. The van der Waals surface area contributed by atoms with Gasteiger partial charge in [-0.05, 0) is 13.3 Å². The first-order chi connectivity index (χ1) is 2.77. The summed E-state index contributed by atoms with van der Waals surface area (Å²) in [6.45, 7) is 3.87. The van der Waals surface area contributed by atoms with E-state index in [1.165, 1.54) is 0 Å². The average molecular weight is 179 g/mol. The Hall–Kier alpha value is 0.843. The zero-order valence-corrected chi connectivity index (χ0v) is 7.40. The van der Waals surface area contributed by atoms with Crippen molar-refractivity contribution in [2.24, 2.45) is 0 Å². The van der Waals surface area contributed by atoms with Crippen molar-refractivity contribution in [2.45, 2.75) is 32.8 Å². The van der Waals surface area contributed by atoms with Crippen LogP contribution in [0.5, 0.6) is 0 Å². The van der Waals surface area contributed by atoms with Gasteiger partial charge in [0.25, 0.3) is 0 Å². The first kappa shape index (κ1) is 10.8. The second-order valence-corrected chi connectivity index (χ2v) is 1.64. The van der Waals surface area contributed by atoms with Crippen LogP contribution in [0.15, 0.2) is 0 Å². The molecule has 0 aliphatic rings. The van der Waals surface area contributed by atoms with Crippen molar-refractivity contribution in [1.82, 2.24) is 0 Å². The third-order valence-electron chi connectivity index (χ3n) is 0.706. The van der Waals surface area contributed by atoms with Gasteiger partial charge in [0.2, 0.25) is 0 Å². The standard InChI is InChI=1S/C5H12O.Zr/c1-3-4-5(2)6;/h5-6H,3-4H2,1-2H3;. The summed E-state index contributed by atoms with van der Waals surface area (Å²) >= 11 is 0. The summed E-state index contributed by atoms with van der Waals surface area (Å²) in [7, 11) is 0. The number of hydrogen-bond acceptors (Lipinski definition) is 1. The van der Waals surface area contributed by atoms with Gasteiger partial charge in [0.1, 0.15) is 0 Å². The largest absolute Gasteiger partial charge is 0.393 e. The van der Waals surface area contributed by atoms with Crippen LogP contribution in [0.3, 0.4) is 0 Å². The summed E-state index contributed by atoms with van der Waals surface area (Å²) in [6.07, 6.45) is 1.91. The molecule has 0 aliphatic heterocycles. The molecule has 0 rings (SSSR count). The Morgan fingerprint density at radius 2 is 2.00 bits per heavy atom. The van der Waals surface area contributed by atoms with Crippen LogP contribution in [0.2, 0.25) is 0 Å². The van der Waals surface area contributed by atoms with Gasteiger partial charge >= 0.3 is 0 Å². The summed E-state index contributed by atoms with van der Waals surface area (Å²) in [6, 6.07) is 0. The molecule has 1 N–H and O–H groups in total. The van der Waals surface area contributed by atoms with Gasteiger partial charge in [0, 0.05) is 26.2 Å². The molecular formula is C5H12OZr. The maximum Gasteiger partial charge on any atom is 0.0512 e. The topological polar surface area (TPSA) is 20.2 Å². The van der Waals surface area contributed by atoms with Crippen LogP contribution < -0.4 is 0 Å². The first-order valence-electron chi connectivity index (χ1n) is 2.45. The van der Waals surface area contributed by atoms with Crippen LogP contribution in [0, 0.1) is 0 Å². The normalized spacial score (nSPS) is 12.4. The molecule has 0 radical (unpaired) electrons. The fourth-order valence-electron chi connectivity index (χ4n) is 0.418. The maximum atomic E-state index is 8.55. The van der Waals surface area contributed by atoms with Crippen molar-refractivity contribution in [2.75, 3.05) is 0 Å². The van der Waals surface area contributed by atoms with E-state index in [0.717, 1.165) is 12.8 Å². The number of aliphatic hydroxyl groups excluding tert-OH is 1. The Bertz CT molecular complexity index is 29.3. The molecule has 1 unspecified atom stereocenters. The van der Waals surface area contributed by atoms with Gasteiger partial charge < -0.3 is 5.11 Å². The first-order valence-corrected chi connectivity index (χ1v) is 2.45. The van der Waals surface area contributed by atoms with E-state index in [9.17, 15) is 0 Å². The van der Waals surface area contributed by atoms with Gasteiger partial charge in [-0.25, -0.2) is 0 Å². The number of aliphatic hydroxyl groups is 1. The molecule has 0 amide bonds. The van der Waals surface area contributed by atoms with E-state index in [4.69, 9.17) is 5.11 Å². The van der Waals surface area contributed by atoms with Gasteiger partial charge in [0.05, 0.1) is 6.10 Å². The Labute approximate surface area is 64.2 Å². The molecule has 0 aromatic heterocycles. The summed E-state index contributed by atoms with van der Waals surface area (Å²) in [5, 5.41) is 8.55. The second-order valence-electron chi connectivity index (χ2n) is 1.64. The molecule has 42 valence electrons. The van der Waals surface area contributed by atoms with E-state index in [1.807, 2.05) is 6.92 Å². The molecule has 1 atom stereocenters. The van der Waals surface area contributed by atoms with Crippen molar-refractivity contribution < 1.29 is 31.3 Å². The molecule has 0 aliphatic carbocycles. The molecular weight excluding hydrogens is 167 g/mol. The molecule has 0 saturated carbocycles. The molecule has 0 spiro atoms.